The maximum absolute atomic E-state index is 12.8. The minimum absolute atomic E-state index is 0.0154. The smallest absolute Gasteiger partial charge is 0.255 e. The molecule has 29 heavy (non-hydrogen) atoms. The van der Waals surface area contributed by atoms with Crippen molar-refractivity contribution in [2.45, 2.75) is 19.9 Å². The molecular weight excluding hydrogens is 366 g/mol. The van der Waals surface area contributed by atoms with Crippen LogP contribution in [0.5, 0.6) is 0 Å². The van der Waals surface area contributed by atoms with E-state index in [1.165, 1.54) is 0 Å². The number of imidazole rings is 1. The lowest BCUT2D eigenvalue weighted by Crippen LogP contribution is -2.44. The predicted molar refractivity (Wildman–Crippen MR) is 113 cm³/mol. The normalized spacial score (nSPS) is 18.7. The molecule has 3 N–H and O–H groups in total. The van der Waals surface area contributed by atoms with Gasteiger partial charge in [0.05, 0.1) is 17.4 Å². The standard InChI is InChI=1S/C22H25N5O2/c1-22(2)12-27(3)11-19(22)26-21(29)14-5-4-6-16(9-14)25-20(28)15-7-8-17-18(10-15)24-13-23-17/h4-10,13,19H,11-12H2,1-3H3,(H,23,24)(H,25,28)(H,26,29). The molecule has 1 atom stereocenters. The predicted octanol–water partition coefficient (Wildman–Crippen LogP) is 2.89. The lowest BCUT2D eigenvalue weighted by Gasteiger charge is -2.26. The number of likely N-dealkylation sites (N-methyl/N-ethyl adjacent to an activating group) is 1. The van der Waals surface area contributed by atoms with E-state index < -0.39 is 0 Å². The van der Waals surface area contributed by atoms with Crippen molar-refractivity contribution in [1.82, 2.24) is 20.2 Å². The van der Waals surface area contributed by atoms with E-state index in [1.807, 2.05) is 0 Å². The third-order valence-electron chi connectivity index (χ3n) is 5.49. The van der Waals surface area contributed by atoms with Gasteiger partial charge in [-0.05, 0) is 48.9 Å². The Balaban J connectivity index is 1.46. The highest BCUT2D eigenvalue weighted by molar-refractivity contribution is 6.06. The fourth-order valence-electron chi connectivity index (χ4n) is 3.93. The Morgan fingerprint density at radius 2 is 1.93 bits per heavy atom. The van der Waals surface area contributed by atoms with Crippen molar-refractivity contribution in [3.05, 3.63) is 59.9 Å². The lowest BCUT2D eigenvalue weighted by atomic mass is 9.87. The van der Waals surface area contributed by atoms with Crippen molar-refractivity contribution in [1.29, 1.82) is 0 Å². The van der Waals surface area contributed by atoms with Gasteiger partial charge < -0.3 is 20.5 Å². The Morgan fingerprint density at radius 1 is 1.14 bits per heavy atom. The first kappa shape index (κ1) is 19.1. The molecule has 3 aromatic rings. The van der Waals surface area contributed by atoms with Gasteiger partial charge in [-0.3, -0.25) is 9.59 Å². The van der Waals surface area contributed by atoms with Crippen LogP contribution >= 0.6 is 0 Å². The summed E-state index contributed by atoms with van der Waals surface area (Å²) in [6, 6.07) is 12.4. The summed E-state index contributed by atoms with van der Waals surface area (Å²) in [7, 11) is 2.06. The van der Waals surface area contributed by atoms with Crippen LogP contribution in [0.4, 0.5) is 5.69 Å². The minimum atomic E-state index is -0.238. The first-order valence-corrected chi connectivity index (χ1v) is 9.66. The van der Waals surface area contributed by atoms with Gasteiger partial charge in [0.15, 0.2) is 0 Å². The summed E-state index contributed by atoms with van der Waals surface area (Å²) in [5.74, 6) is -0.369. The van der Waals surface area contributed by atoms with Gasteiger partial charge in [0, 0.05) is 35.9 Å². The Hall–Kier alpha value is -3.19. The van der Waals surface area contributed by atoms with Gasteiger partial charge in [-0.1, -0.05) is 19.9 Å². The zero-order chi connectivity index (χ0) is 20.6. The number of anilines is 1. The number of likely N-dealkylation sites (tertiary alicyclic amines) is 1. The summed E-state index contributed by atoms with van der Waals surface area (Å²) in [4.78, 5) is 34.8. The Bertz CT molecular complexity index is 1070. The number of hydrogen-bond donors (Lipinski definition) is 3. The molecule has 0 radical (unpaired) electrons. The molecule has 0 bridgehead atoms. The molecule has 0 saturated carbocycles. The first-order chi connectivity index (χ1) is 13.8. The summed E-state index contributed by atoms with van der Waals surface area (Å²) in [6.45, 7) is 6.09. The highest BCUT2D eigenvalue weighted by Gasteiger charge is 2.38. The summed E-state index contributed by atoms with van der Waals surface area (Å²) in [5, 5.41) is 6.01. The van der Waals surface area contributed by atoms with Crippen LogP contribution < -0.4 is 10.6 Å². The van der Waals surface area contributed by atoms with Crippen LogP contribution in [0.3, 0.4) is 0 Å². The summed E-state index contributed by atoms with van der Waals surface area (Å²) >= 11 is 0. The number of nitrogens with one attached hydrogen (secondary N) is 3. The maximum Gasteiger partial charge on any atom is 0.255 e. The van der Waals surface area contributed by atoms with Crippen molar-refractivity contribution in [2.75, 3.05) is 25.5 Å². The van der Waals surface area contributed by atoms with Crippen LogP contribution in [0.1, 0.15) is 34.6 Å². The molecule has 2 aromatic carbocycles. The van der Waals surface area contributed by atoms with E-state index in [0.717, 1.165) is 24.1 Å². The molecule has 1 aromatic heterocycles. The van der Waals surface area contributed by atoms with E-state index in [1.54, 1.807) is 48.8 Å². The summed E-state index contributed by atoms with van der Waals surface area (Å²) < 4.78 is 0. The van der Waals surface area contributed by atoms with Gasteiger partial charge in [-0.15, -0.1) is 0 Å². The van der Waals surface area contributed by atoms with Crippen LogP contribution in [0.25, 0.3) is 11.0 Å². The van der Waals surface area contributed by atoms with E-state index in [-0.39, 0.29) is 23.3 Å². The average molecular weight is 391 g/mol. The molecule has 2 amide bonds. The van der Waals surface area contributed by atoms with E-state index >= 15 is 0 Å². The van der Waals surface area contributed by atoms with Crippen LogP contribution in [0.2, 0.25) is 0 Å². The molecule has 1 aliphatic heterocycles. The Labute approximate surface area is 169 Å². The van der Waals surface area contributed by atoms with Gasteiger partial charge in [-0.25, -0.2) is 4.98 Å². The van der Waals surface area contributed by atoms with Crippen molar-refractivity contribution < 1.29 is 9.59 Å². The second-order valence-corrected chi connectivity index (χ2v) is 8.38. The molecule has 1 aliphatic rings. The zero-order valence-corrected chi connectivity index (χ0v) is 16.8. The van der Waals surface area contributed by atoms with E-state index in [9.17, 15) is 9.59 Å². The van der Waals surface area contributed by atoms with Gasteiger partial charge in [0.2, 0.25) is 0 Å². The second-order valence-electron chi connectivity index (χ2n) is 8.38. The number of rotatable bonds is 4. The molecule has 1 saturated heterocycles. The average Bonchev–Trinajstić information content (AvgIpc) is 3.24. The third kappa shape index (κ3) is 4.00. The van der Waals surface area contributed by atoms with Crippen molar-refractivity contribution in [3.63, 3.8) is 0 Å². The van der Waals surface area contributed by atoms with Crippen molar-refractivity contribution in [3.8, 4) is 0 Å². The molecule has 1 fully saturated rings. The minimum Gasteiger partial charge on any atom is -0.347 e. The number of nitrogens with zero attached hydrogens (tertiary/aromatic N) is 2. The third-order valence-corrected chi connectivity index (χ3v) is 5.49. The highest BCUT2D eigenvalue weighted by Crippen LogP contribution is 2.28. The number of carbonyl (C=O) groups is 2. The van der Waals surface area contributed by atoms with E-state index in [2.05, 4.69) is 46.4 Å². The number of H-pyrrole nitrogens is 1. The number of carbonyl (C=O) groups excluding carboxylic acids is 2. The number of aromatic nitrogens is 2. The molecule has 4 rings (SSSR count). The number of aromatic amines is 1. The van der Waals surface area contributed by atoms with Crippen LogP contribution in [0.15, 0.2) is 48.8 Å². The maximum atomic E-state index is 12.8. The number of fused-ring (bicyclic) bond motifs is 1. The van der Waals surface area contributed by atoms with E-state index in [4.69, 9.17) is 0 Å². The van der Waals surface area contributed by atoms with E-state index in [0.29, 0.717) is 16.8 Å². The Morgan fingerprint density at radius 3 is 2.69 bits per heavy atom. The van der Waals surface area contributed by atoms with Crippen LogP contribution in [-0.4, -0.2) is 52.9 Å². The molecule has 7 nitrogen and oxygen atoms in total. The molecular formula is C22H25N5O2. The SMILES string of the molecule is CN1CC(NC(=O)c2cccc(NC(=O)c3ccc4nc[nH]c4c3)c2)C(C)(C)C1. The molecule has 0 spiro atoms. The molecule has 1 unspecified atom stereocenters. The van der Waals surface area contributed by atoms with Gasteiger partial charge in [0.25, 0.3) is 11.8 Å². The number of benzene rings is 2. The first-order valence-electron chi connectivity index (χ1n) is 9.66. The molecule has 7 heteroatoms. The monoisotopic (exact) mass is 391 g/mol. The quantitative estimate of drug-likeness (QED) is 0.638. The highest BCUT2D eigenvalue weighted by atomic mass is 16.2. The fraction of sp³-hybridized carbons (Fsp3) is 0.318. The van der Waals surface area contributed by atoms with Crippen LogP contribution in [-0.2, 0) is 0 Å². The van der Waals surface area contributed by atoms with Gasteiger partial charge in [-0.2, -0.15) is 0 Å². The largest absolute Gasteiger partial charge is 0.347 e. The number of hydrogen-bond acceptors (Lipinski definition) is 4. The van der Waals surface area contributed by atoms with Gasteiger partial charge >= 0.3 is 0 Å². The van der Waals surface area contributed by atoms with Crippen LogP contribution in [0, 0.1) is 5.41 Å². The topological polar surface area (TPSA) is 90.1 Å². The van der Waals surface area contributed by atoms with Gasteiger partial charge in [0.1, 0.15) is 0 Å². The molecule has 2 heterocycles. The molecule has 0 aliphatic carbocycles. The van der Waals surface area contributed by atoms with Crippen molar-refractivity contribution >= 4 is 28.5 Å². The number of amides is 2. The van der Waals surface area contributed by atoms with Crippen molar-refractivity contribution in [2.24, 2.45) is 5.41 Å². The fourth-order valence-corrected chi connectivity index (χ4v) is 3.93. The molecule has 150 valence electrons. The summed E-state index contributed by atoms with van der Waals surface area (Å²) in [6.07, 6.45) is 1.60. The zero-order valence-electron chi connectivity index (χ0n) is 16.8. The Kier molecular flexibility index (Phi) is 4.84. The lowest BCUT2D eigenvalue weighted by molar-refractivity contribution is 0.0915. The second kappa shape index (κ2) is 7.33. The summed E-state index contributed by atoms with van der Waals surface area (Å²) in [5.41, 5.74) is 3.25.